The molecule has 1 amide bonds. The molecule has 202 valence electrons. The van der Waals surface area contributed by atoms with E-state index in [2.05, 4.69) is 101 Å². The van der Waals surface area contributed by atoms with Gasteiger partial charge in [0.05, 0.1) is 5.69 Å². The second-order valence-electron chi connectivity index (χ2n) is 11.4. The molecule has 1 fully saturated rings. The summed E-state index contributed by atoms with van der Waals surface area (Å²) in [6.07, 6.45) is 0.838. The SMILES string of the molecule is Cc1nc(C(N)=O)nn1-c1ccc(Cc2ccc(-c3ccc(CN4CCN(C(C)(C)C)CC4)cc3)cc2)cc1. The van der Waals surface area contributed by atoms with Crippen LogP contribution in [-0.2, 0) is 13.0 Å². The molecular weight excluding hydrogens is 484 g/mol. The molecule has 2 heterocycles. The fourth-order valence-electron chi connectivity index (χ4n) is 5.18. The van der Waals surface area contributed by atoms with Gasteiger partial charge < -0.3 is 5.73 Å². The molecule has 0 unspecified atom stereocenters. The van der Waals surface area contributed by atoms with Crippen LogP contribution in [-0.4, -0.2) is 62.2 Å². The molecule has 0 aliphatic carbocycles. The van der Waals surface area contributed by atoms with E-state index in [0.29, 0.717) is 5.82 Å². The number of carbonyl (C=O) groups excluding carboxylic acids is 1. The Kier molecular flexibility index (Phi) is 7.64. The van der Waals surface area contributed by atoms with E-state index in [0.717, 1.165) is 44.8 Å². The van der Waals surface area contributed by atoms with Crippen LogP contribution in [0.15, 0.2) is 72.8 Å². The number of carbonyl (C=O) groups is 1. The average molecular weight is 523 g/mol. The van der Waals surface area contributed by atoms with Crippen molar-refractivity contribution in [3.05, 3.63) is 101 Å². The largest absolute Gasteiger partial charge is 0.363 e. The van der Waals surface area contributed by atoms with Crippen molar-refractivity contribution in [1.82, 2.24) is 24.6 Å². The number of amides is 1. The molecule has 0 spiro atoms. The summed E-state index contributed by atoms with van der Waals surface area (Å²) in [4.78, 5) is 20.6. The van der Waals surface area contributed by atoms with Gasteiger partial charge in [-0.3, -0.25) is 14.6 Å². The number of aryl methyl sites for hydroxylation is 1. The third kappa shape index (κ3) is 6.44. The molecule has 0 bridgehead atoms. The van der Waals surface area contributed by atoms with E-state index >= 15 is 0 Å². The predicted molar refractivity (Wildman–Crippen MR) is 156 cm³/mol. The molecule has 7 heteroatoms. The highest BCUT2D eigenvalue weighted by molar-refractivity contribution is 5.88. The number of rotatable bonds is 7. The Morgan fingerprint density at radius 3 is 1.79 bits per heavy atom. The summed E-state index contributed by atoms with van der Waals surface area (Å²) < 4.78 is 1.64. The zero-order chi connectivity index (χ0) is 27.6. The van der Waals surface area contributed by atoms with Crippen LogP contribution < -0.4 is 5.73 Å². The Hall–Kier alpha value is -3.81. The standard InChI is InChI=1S/C32H38N6O/c1-23-34-31(30(33)39)35-38(23)29-15-9-25(10-16-29)21-24-5-11-27(12-6-24)28-13-7-26(8-14-28)22-36-17-19-37(20-18-36)32(2,3)4/h5-16H,17-22H2,1-4H3,(H2,33,39). The molecule has 2 N–H and O–H groups in total. The summed E-state index contributed by atoms with van der Waals surface area (Å²) in [5.41, 5.74) is 12.7. The van der Waals surface area contributed by atoms with Gasteiger partial charge in [-0.15, -0.1) is 5.10 Å². The summed E-state index contributed by atoms with van der Waals surface area (Å²) >= 11 is 0. The van der Waals surface area contributed by atoms with E-state index in [1.54, 1.807) is 11.6 Å². The number of nitrogens with zero attached hydrogens (tertiary/aromatic N) is 5. The summed E-state index contributed by atoms with van der Waals surface area (Å²) in [5.74, 6) is 0.0262. The van der Waals surface area contributed by atoms with Crippen molar-refractivity contribution in [2.75, 3.05) is 26.2 Å². The molecule has 1 aromatic heterocycles. The number of piperazine rings is 1. The summed E-state index contributed by atoms with van der Waals surface area (Å²) in [5, 5.41) is 4.20. The van der Waals surface area contributed by atoms with Crippen LogP contribution in [0.5, 0.6) is 0 Å². The van der Waals surface area contributed by atoms with Gasteiger partial charge in [-0.2, -0.15) is 0 Å². The molecule has 0 atom stereocenters. The highest BCUT2D eigenvalue weighted by Gasteiger charge is 2.25. The molecule has 5 rings (SSSR count). The maximum atomic E-state index is 11.4. The fraction of sp³-hybridized carbons (Fsp3) is 0.344. The van der Waals surface area contributed by atoms with E-state index in [4.69, 9.17) is 5.73 Å². The zero-order valence-corrected chi connectivity index (χ0v) is 23.4. The number of aromatic nitrogens is 3. The van der Waals surface area contributed by atoms with E-state index in [1.807, 2.05) is 12.1 Å². The highest BCUT2D eigenvalue weighted by Crippen LogP contribution is 2.23. The molecule has 4 aromatic rings. The molecular formula is C32H38N6O. The Balaban J connectivity index is 1.17. The van der Waals surface area contributed by atoms with Gasteiger partial charge in [0.25, 0.3) is 5.91 Å². The maximum Gasteiger partial charge on any atom is 0.288 e. The lowest BCUT2D eigenvalue weighted by Crippen LogP contribution is -2.53. The average Bonchev–Trinajstić information content (AvgIpc) is 3.32. The Labute approximate surface area is 231 Å². The zero-order valence-electron chi connectivity index (χ0n) is 23.4. The molecule has 0 radical (unpaired) electrons. The van der Waals surface area contributed by atoms with Crippen LogP contribution in [0.3, 0.4) is 0 Å². The smallest absolute Gasteiger partial charge is 0.288 e. The van der Waals surface area contributed by atoms with Gasteiger partial charge in [0.2, 0.25) is 5.82 Å². The van der Waals surface area contributed by atoms with Crippen molar-refractivity contribution < 1.29 is 4.79 Å². The van der Waals surface area contributed by atoms with Crippen LogP contribution >= 0.6 is 0 Å². The minimum atomic E-state index is -0.627. The molecule has 0 saturated carbocycles. The molecule has 1 aliphatic heterocycles. The quantitative estimate of drug-likeness (QED) is 0.375. The van der Waals surface area contributed by atoms with E-state index < -0.39 is 5.91 Å². The monoisotopic (exact) mass is 522 g/mol. The highest BCUT2D eigenvalue weighted by atomic mass is 16.1. The first-order valence-corrected chi connectivity index (χ1v) is 13.6. The van der Waals surface area contributed by atoms with Gasteiger partial charge in [0.15, 0.2) is 0 Å². The lowest BCUT2D eigenvalue weighted by Gasteiger charge is -2.42. The molecule has 39 heavy (non-hydrogen) atoms. The van der Waals surface area contributed by atoms with E-state index in [1.165, 1.54) is 27.8 Å². The first-order valence-electron chi connectivity index (χ1n) is 13.6. The normalized spacial score (nSPS) is 15.0. The summed E-state index contributed by atoms with van der Waals surface area (Å²) in [6, 6.07) is 26.0. The van der Waals surface area contributed by atoms with Crippen molar-refractivity contribution in [2.45, 2.75) is 46.2 Å². The van der Waals surface area contributed by atoms with Gasteiger partial charge in [0.1, 0.15) is 5.82 Å². The van der Waals surface area contributed by atoms with Crippen molar-refractivity contribution in [1.29, 1.82) is 0 Å². The number of hydrogen-bond donors (Lipinski definition) is 1. The third-order valence-electron chi connectivity index (χ3n) is 7.55. The van der Waals surface area contributed by atoms with Crippen molar-refractivity contribution in [3.8, 4) is 16.8 Å². The van der Waals surface area contributed by atoms with Crippen LogP contribution in [0.25, 0.3) is 16.8 Å². The first kappa shape index (κ1) is 26.8. The second-order valence-corrected chi connectivity index (χ2v) is 11.4. The first-order chi connectivity index (χ1) is 18.7. The lowest BCUT2D eigenvalue weighted by molar-refractivity contribution is 0.0591. The number of hydrogen-bond acceptors (Lipinski definition) is 5. The van der Waals surface area contributed by atoms with Gasteiger partial charge in [-0.25, -0.2) is 9.67 Å². The van der Waals surface area contributed by atoms with E-state index in [9.17, 15) is 4.79 Å². The fourth-order valence-corrected chi connectivity index (χ4v) is 5.18. The molecule has 7 nitrogen and oxygen atoms in total. The Morgan fingerprint density at radius 1 is 0.795 bits per heavy atom. The lowest BCUT2D eigenvalue weighted by atomic mass is 9.99. The van der Waals surface area contributed by atoms with Crippen LogP contribution in [0, 0.1) is 6.92 Å². The Morgan fingerprint density at radius 2 is 1.31 bits per heavy atom. The second kappa shape index (κ2) is 11.1. The van der Waals surface area contributed by atoms with Gasteiger partial charge in [0, 0.05) is 38.3 Å². The number of primary amides is 1. The maximum absolute atomic E-state index is 11.4. The van der Waals surface area contributed by atoms with Crippen LogP contribution in [0.2, 0.25) is 0 Å². The van der Waals surface area contributed by atoms with Crippen molar-refractivity contribution in [2.24, 2.45) is 5.73 Å². The predicted octanol–water partition coefficient (Wildman–Crippen LogP) is 4.85. The summed E-state index contributed by atoms with van der Waals surface area (Å²) in [7, 11) is 0. The molecule has 1 saturated heterocycles. The van der Waals surface area contributed by atoms with E-state index in [-0.39, 0.29) is 11.4 Å². The molecule has 3 aromatic carbocycles. The van der Waals surface area contributed by atoms with Gasteiger partial charge in [-0.1, -0.05) is 60.7 Å². The van der Waals surface area contributed by atoms with Crippen molar-refractivity contribution in [3.63, 3.8) is 0 Å². The number of nitrogens with two attached hydrogens (primary N) is 1. The van der Waals surface area contributed by atoms with Crippen LogP contribution in [0.1, 0.15) is 53.9 Å². The molecule has 1 aliphatic rings. The van der Waals surface area contributed by atoms with Crippen LogP contribution in [0.4, 0.5) is 0 Å². The topological polar surface area (TPSA) is 80.3 Å². The Bertz CT molecular complexity index is 1410. The minimum absolute atomic E-state index is 0.0287. The third-order valence-corrected chi connectivity index (χ3v) is 7.55. The summed E-state index contributed by atoms with van der Waals surface area (Å²) in [6.45, 7) is 14.2. The van der Waals surface area contributed by atoms with Gasteiger partial charge in [-0.05, 0) is 74.1 Å². The minimum Gasteiger partial charge on any atom is -0.363 e. The number of benzene rings is 3. The van der Waals surface area contributed by atoms with Gasteiger partial charge >= 0.3 is 0 Å². The van der Waals surface area contributed by atoms with Crippen molar-refractivity contribution >= 4 is 5.91 Å².